The smallest absolute Gasteiger partial charge is 0.311 e. The van der Waals surface area contributed by atoms with Crippen LogP contribution in [0.15, 0.2) is 0 Å². The van der Waals surface area contributed by atoms with E-state index in [1.807, 2.05) is 0 Å². The standard InChI is InChI=1S/C11H18O3/c1-7-3-2-4-8-9(6-5-7)11(13)14-10(8)12/h7-10,12H,2-6H2,1H3. The third-order valence-electron chi connectivity index (χ3n) is 3.63. The van der Waals surface area contributed by atoms with Crippen molar-refractivity contribution in [2.75, 3.05) is 0 Å². The molecule has 0 spiro atoms. The quantitative estimate of drug-likeness (QED) is 0.602. The Bertz CT molecular complexity index is 227. The highest BCUT2D eigenvalue weighted by molar-refractivity contribution is 5.75. The van der Waals surface area contributed by atoms with Crippen molar-refractivity contribution in [3.8, 4) is 0 Å². The third kappa shape index (κ3) is 1.78. The molecule has 14 heavy (non-hydrogen) atoms. The zero-order valence-electron chi connectivity index (χ0n) is 8.61. The Kier molecular flexibility index (Phi) is 2.77. The van der Waals surface area contributed by atoms with Gasteiger partial charge < -0.3 is 9.84 Å². The number of aliphatic hydroxyl groups is 1. The SMILES string of the molecule is CC1CCCC2C(O)OC(=O)C2CC1. The predicted octanol–water partition coefficient (Wildman–Crippen LogP) is 1.69. The Balaban J connectivity index is 2.05. The van der Waals surface area contributed by atoms with E-state index in [1.165, 1.54) is 6.42 Å². The number of hydrogen-bond donors (Lipinski definition) is 1. The molecule has 80 valence electrons. The summed E-state index contributed by atoms with van der Waals surface area (Å²) in [5.41, 5.74) is 0. The molecule has 2 rings (SSSR count). The van der Waals surface area contributed by atoms with E-state index in [-0.39, 0.29) is 17.8 Å². The first-order valence-electron chi connectivity index (χ1n) is 5.57. The van der Waals surface area contributed by atoms with Crippen LogP contribution in [0, 0.1) is 17.8 Å². The van der Waals surface area contributed by atoms with Crippen LogP contribution in [-0.2, 0) is 9.53 Å². The molecule has 1 heterocycles. The number of aliphatic hydroxyl groups excluding tert-OH is 1. The molecular formula is C11H18O3. The molecule has 1 aliphatic heterocycles. The number of cyclic esters (lactones) is 1. The minimum atomic E-state index is -0.832. The highest BCUT2D eigenvalue weighted by Crippen LogP contribution is 2.37. The van der Waals surface area contributed by atoms with E-state index in [2.05, 4.69) is 6.92 Å². The molecule has 1 aliphatic carbocycles. The first kappa shape index (κ1) is 9.97. The molecule has 1 saturated heterocycles. The van der Waals surface area contributed by atoms with Crippen molar-refractivity contribution in [3.63, 3.8) is 0 Å². The van der Waals surface area contributed by atoms with Crippen LogP contribution in [0.3, 0.4) is 0 Å². The van der Waals surface area contributed by atoms with Crippen LogP contribution < -0.4 is 0 Å². The number of carbonyl (C=O) groups is 1. The van der Waals surface area contributed by atoms with E-state index in [0.717, 1.165) is 25.7 Å². The van der Waals surface area contributed by atoms with Gasteiger partial charge in [-0.15, -0.1) is 0 Å². The molecule has 1 saturated carbocycles. The summed E-state index contributed by atoms with van der Waals surface area (Å²) in [4.78, 5) is 11.4. The summed E-state index contributed by atoms with van der Waals surface area (Å²) in [6, 6.07) is 0. The van der Waals surface area contributed by atoms with E-state index >= 15 is 0 Å². The molecule has 2 fully saturated rings. The van der Waals surface area contributed by atoms with Crippen molar-refractivity contribution in [3.05, 3.63) is 0 Å². The molecule has 1 N–H and O–H groups in total. The number of rotatable bonds is 0. The van der Waals surface area contributed by atoms with Gasteiger partial charge in [-0.3, -0.25) is 4.79 Å². The Morgan fingerprint density at radius 2 is 2.07 bits per heavy atom. The van der Waals surface area contributed by atoms with Crippen molar-refractivity contribution in [1.29, 1.82) is 0 Å². The Labute approximate surface area is 84.4 Å². The monoisotopic (exact) mass is 198 g/mol. The van der Waals surface area contributed by atoms with Gasteiger partial charge >= 0.3 is 5.97 Å². The van der Waals surface area contributed by atoms with Crippen LogP contribution in [0.2, 0.25) is 0 Å². The summed E-state index contributed by atoms with van der Waals surface area (Å²) >= 11 is 0. The zero-order valence-corrected chi connectivity index (χ0v) is 8.61. The second-order valence-corrected chi connectivity index (χ2v) is 4.71. The summed E-state index contributed by atoms with van der Waals surface area (Å²) in [7, 11) is 0. The Morgan fingerprint density at radius 3 is 2.86 bits per heavy atom. The van der Waals surface area contributed by atoms with Crippen molar-refractivity contribution < 1.29 is 14.6 Å². The fraction of sp³-hybridized carbons (Fsp3) is 0.909. The molecule has 0 aromatic carbocycles. The summed E-state index contributed by atoms with van der Waals surface area (Å²) in [5.74, 6) is 0.556. The van der Waals surface area contributed by atoms with Crippen molar-refractivity contribution in [2.24, 2.45) is 17.8 Å². The van der Waals surface area contributed by atoms with E-state index in [1.54, 1.807) is 0 Å². The minimum absolute atomic E-state index is 0.0345. The Morgan fingerprint density at radius 1 is 1.29 bits per heavy atom. The molecular weight excluding hydrogens is 180 g/mol. The van der Waals surface area contributed by atoms with Crippen LogP contribution in [0.1, 0.15) is 39.0 Å². The van der Waals surface area contributed by atoms with E-state index in [4.69, 9.17) is 4.74 Å². The van der Waals surface area contributed by atoms with Gasteiger partial charge in [-0.1, -0.05) is 19.8 Å². The maximum atomic E-state index is 11.4. The largest absolute Gasteiger partial charge is 0.435 e. The van der Waals surface area contributed by atoms with Crippen molar-refractivity contribution in [1.82, 2.24) is 0 Å². The van der Waals surface area contributed by atoms with Crippen LogP contribution in [-0.4, -0.2) is 17.4 Å². The van der Waals surface area contributed by atoms with Gasteiger partial charge in [0.2, 0.25) is 6.29 Å². The van der Waals surface area contributed by atoms with Gasteiger partial charge in [-0.2, -0.15) is 0 Å². The maximum Gasteiger partial charge on any atom is 0.311 e. The number of ether oxygens (including phenoxy) is 1. The second-order valence-electron chi connectivity index (χ2n) is 4.71. The van der Waals surface area contributed by atoms with Crippen LogP contribution in [0.5, 0.6) is 0 Å². The van der Waals surface area contributed by atoms with E-state index in [9.17, 15) is 9.90 Å². The normalized spacial score (nSPS) is 43.7. The summed E-state index contributed by atoms with van der Waals surface area (Å²) in [5, 5.41) is 9.53. The molecule has 0 bridgehead atoms. The van der Waals surface area contributed by atoms with Gasteiger partial charge in [-0.25, -0.2) is 0 Å². The van der Waals surface area contributed by atoms with Gasteiger partial charge in [0.1, 0.15) is 0 Å². The predicted molar refractivity (Wildman–Crippen MR) is 51.3 cm³/mol. The maximum absolute atomic E-state index is 11.4. The van der Waals surface area contributed by atoms with Crippen LogP contribution in [0.25, 0.3) is 0 Å². The highest BCUT2D eigenvalue weighted by Gasteiger charge is 2.43. The summed E-state index contributed by atoms with van der Waals surface area (Å²) < 4.78 is 4.87. The fourth-order valence-electron chi connectivity index (χ4n) is 2.65. The minimum Gasteiger partial charge on any atom is -0.435 e. The van der Waals surface area contributed by atoms with Crippen LogP contribution >= 0.6 is 0 Å². The summed E-state index contributed by atoms with van der Waals surface area (Å²) in [6.45, 7) is 2.23. The van der Waals surface area contributed by atoms with Gasteiger partial charge in [0.25, 0.3) is 0 Å². The third-order valence-corrected chi connectivity index (χ3v) is 3.63. The number of esters is 1. The average Bonchev–Trinajstić information content (AvgIpc) is 2.34. The molecule has 4 unspecified atom stereocenters. The van der Waals surface area contributed by atoms with Gasteiger partial charge in [0.15, 0.2) is 0 Å². The van der Waals surface area contributed by atoms with Gasteiger partial charge in [-0.05, 0) is 25.2 Å². The molecule has 4 atom stereocenters. The Hall–Kier alpha value is -0.570. The average molecular weight is 198 g/mol. The molecule has 2 aliphatic rings. The highest BCUT2D eigenvalue weighted by atomic mass is 16.6. The number of hydrogen-bond acceptors (Lipinski definition) is 3. The van der Waals surface area contributed by atoms with Crippen LogP contribution in [0.4, 0.5) is 0 Å². The lowest BCUT2D eigenvalue weighted by atomic mass is 9.80. The molecule has 0 aromatic heterocycles. The number of carbonyl (C=O) groups excluding carboxylic acids is 1. The fourth-order valence-corrected chi connectivity index (χ4v) is 2.65. The van der Waals surface area contributed by atoms with E-state index in [0.29, 0.717) is 5.92 Å². The molecule has 3 heteroatoms. The topological polar surface area (TPSA) is 46.5 Å². The number of fused-ring (bicyclic) bond motifs is 1. The van der Waals surface area contributed by atoms with Gasteiger partial charge in [0, 0.05) is 5.92 Å². The molecule has 0 amide bonds. The first-order chi connectivity index (χ1) is 6.68. The van der Waals surface area contributed by atoms with Gasteiger partial charge in [0.05, 0.1) is 5.92 Å². The zero-order chi connectivity index (χ0) is 10.1. The van der Waals surface area contributed by atoms with Crippen molar-refractivity contribution in [2.45, 2.75) is 45.3 Å². The van der Waals surface area contributed by atoms with Crippen molar-refractivity contribution >= 4 is 5.97 Å². The lowest BCUT2D eigenvalue weighted by Crippen LogP contribution is -2.23. The molecule has 3 nitrogen and oxygen atoms in total. The van der Waals surface area contributed by atoms with E-state index < -0.39 is 6.29 Å². The summed E-state index contributed by atoms with van der Waals surface area (Å²) in [6.07, 6.45) is 4.40. The second kappa shape index (κ2) is 3.89. The lowest BCUT2D eigenvalue weighted by molar-refractivity contribution is -0.157. The lowest BCUT2D eigenvalue weighted by Gasteiger charge is -2.23. The molecule has 0 aromatic rings. The molecule has 0 radical (unpaired) electrons. The first-order valence-corrected chi connectivity index (χ1v) is 5.57.